The van der Waals surface area contributed by atoms with Crippen LogP contribution in [-0.4, -0.2) is 98.9 Å². The van der Waals surface area contributed by atoms with Crippen LogP contribution >= 0.6 is 11.6 Å². The third-order valence-electron chi connectivity index (χ3n) is 7.10. The molecule has 220 valence electrons. The number of aliphatic hydroxyl groups is 1. The number of fused-ring (bicyclic) bond motifs is 3. The van der Waals surface area contributed by atoms with Crippen molar-refractivity contribution in [1.29, 1.82) is 0 Å². The molecule has 3 aromatic rings. The Morgan fingerprint density at radius 3 is 2.59 bits per heavy atom. The standard InChI is InChI=1S/C31H38ClN3O6/c1-4-5-16-40-31(37)35-13-12-26-27-19-23(32)8-11-28(27)33-29(26)30(35)22-6-9-25(10-7-22)41-21-24(36)20-34(14-17-38-2)15-18-39-3/h6-11,19,24,30,33,36H,12-18,20-21H2,1-3H3. The number of hydrogen-bond acceptors (Lipinski definition) is 7. The Labute approximate surface area is 246 Å². The van der Waals surface area contributed by atoms with Gasteiger partial charge in [-0.1, -0.05) is 29.7 Å². The monoisotopic (exact) mass is 583 g/mol. The first-order valence-corrected chi connectivity index (χ1v) is 14.1. The Bertz CT molecular complexity index is 1340. The first-order chi connectivity index (χ1) is 19.9. The number of carbonyl (C=O) groups excluding carboxylic acids is 1. The summed E-state index contributed by atoms with van der Waals surface area (Å²) in [5.74, 6) is 6.16. The van der Waals surface area contributed by atoms with Crippen LogP contribution < -0.4 is 4.74 Å². The summed E-state index contributed by atoms with van der Waals surface area (Å²) in [6.07, 6.45) is -0.431. The quantitative estimate of drug-likeness (QED) is 0.290. The smallest absolute Gasteiger partial charge is 0.411 e. The molecular formula is C31H38ClN3O6. The molecule has 41 heavy (non-hydrogen) atoms. The van der Waals surface area contributed by atoms with E-state index in [0.29, 0.717) is 56.6 Å². The number of nitrogens with zero attached hydrogens (tertiary/aromatic N) is 2. The second-order valence-electron chi connectivity index (χ2n) is 9.85. The van der Waals surface area contributed by atoms with Gasteiger partial charge in [-0.2, -0.15) is 0 Å². The molecule has 1 amide bonds. The number of carbonyl (C=O) groups is 1. The molecule has 2 unspecified atom stereocenters. The highest BCUT2D eigenvalue weighted by Gasteiger charge is 2.35. The number of halogens is 1. The van der Waals surface area contributed by atoms with Crippen molar-refractivity contribution >= 4 is 28.6 Å². The van der Waals surface area contributed by atoms with Crippen LogP contribution in [0, 0.1) is 11.8 Å². The first-order valence-electron chi connectivity index (χ1n) is 13.7. The topological polar surface area (TPSA) is 96.5 Å². The molecular weight excluding hydrogens is 546 g/mol. The lowest BCUT2D eigenvalue weighted by Crippen LogP contribution is -2.41. The van der Waals surface area contributed by atoms with Crippen LogP contribution in [0.3, 0.4) is 0 Å². The van der Waals surface area contributed by atoms with E-state index in [-0.39, 0.29) is 19.3 Å². The number of aromatic nitrogens is 1. The number of amides is 1. The summed E-state index contributed by atoms with van der Waals surface area (Å²) in [5, 5.41) is 12.3. The molecule has 2 aromatic carbocycles. The molecule has 0 spiro atoms. The Kier molecular flexibility index (Phi) is 11.3. The molecule has 0 saturated carbocycles. The molecule has 10 heteroatoms. The molecule has 1 aliphatic rings. The van der Waals surface area contributed by atoms with Gasteiger partial charge in [-0.25, -0.2) is 4.79 Å². The van der Waals surface area contributed by atoms with Crippen LogP contribution in [0.5, 0.6) is 5.75 Å². The SMILES string of the molecule is CC#CCOC(=O)N1CCc2c([nH]c3ccc(Cl)cc23)C1c1ccc(OCC(O)CN(CCOC)CCOC)cc1. The van der Waals surface area contributed by atoms with Crippen molar-refractivity contribution in [2.45, 2.75) is 25.5 Å². The fourth-order valence-corrected chi connectivity index (χ4v) is 5.25. The van der Waals surface area contributed by atoms with E-state index in [0.717, 1.165) is 27.7 Å². The summed E-state index contributed by atoms with van der Waals surface area (Å²) >= 11 is 6.31. The molecule has 9 nitrogen and oxygen atoms in total. The molecule has 4 rings (SSSR count). The van der Waals surface area contributed by atoms with Gasteiger partial charge in [0.05, 0.1) is 13.2 Å². The van der Waals surface area contributed by atoms with Crippen LogP contribution in [-0.2, 0) is 20.6 Å². The van der Waals surface area contributed by atoms with Gasteiger partial charge in [-0.05, 0) is 54.8 Å². The van der Waals surface area contributed by atoms with E-state index < -0.39 is 12.2 Å². The van der Waals surface area contributed by atoms with E-state index >= 15 is 0 Å². The Morgan fingerprint density at radius 2 is 1.90 bits per heavy atom. The average Bonchev–Trinajstić information content (AvgIpc) is 3.35. The van der Waals surface area contributed by atoms with E-state index in [1.165, 1.54) is 0 Å². The molecule has 0 bridgehead atoms. The maximum atomic E-state index is 13.1. The highest BCUT2D eigenvalue weighted by Crippen LogP contribution is 2.39. The zero-order chi connectivity index (χ0) is 29.2. The van der Waals surface area contributed by atoms with E-state index in [2.05, 4.69) is 21.7 Å². The molecule has 1 aliphatic heterocycles. The van der Waals surface area contributed by atoms with Crippen molar-refractivity contribution in [2.75, 3.05) is 66.8 Å². The summed E-state index contributed by atoms with van der Waals surface area (Å²) in [4.78, 5) is 20.5. The van der Waals surface area contributed by atoms with Gasteiger partial charge >= 0.3 is 6.09 Å². The Balaban J connectivity index is 1.50. The fraction of sp³-hybridized carbons (Fsp3) is 0.452. The summed E-state index contributed by atoms with van der Waals surface area (Å²) in [6.45, 7) is 5.35. The Hall–Kier alpha value is -3.26. The number of ether oxygens (including phenoxy) is 4. The summed E-state index contributed by atoms with van der Waals surface area (Å²) in [6, 6.07) is 13.0. The van der Waals surface area contributed by atoms with Crippen molar-refractivity contribution in [3.8, 4) is 17.6 Å². The number of aromatic amines is 1. The third-order valence-corrected chi connectivity index (χ3v) is 7.33. The van der Waals surface area contributed by atoms with E-state index in [9.17, 15) is 9.90 Å². The highest BCUT2D eigenvalue weighted by atomic mass is 35.5. The zero-order valence-corrected chi connectivity index (χ0v) is 24.6. The van der Waals surface area contributed by atoms with Crippen LogP contribution in [0.4, 0.5) is 4.79 Å². The molecule has 0 radical (unpaired) electrons. The lowest BCUT2D eigenvalue weighted by molar-refractivity contribution is 0.0459. The van der Waals surface area contributed by atoms with Crippen molar-refractivity contribution in [1.82, 2.24) is 14.8 Å². The molecule has 2 heterocycles. The largest absolute Gasteiger partial charge is 0.491 e. The minimum Gasteiger partial charge on any atom is -0.491 e. The van der Waals surface area contributed by atoms with Gasteiger partial charge in [-0.3, -0.25) is 9.80 Å². The molecule has 1 aromatic heterocycles. The minimum absolute atomic E-state index is 0.0389. The third kappa shape index (κ3) is 7.94. The Morgan fingerprint density at radius 1 is 1.17 bits per heavy atom. The van der Waals surface area contributed by atoms with Gasteiger partial charge in [-0.15, -0.1) is 5.92 Å². The number of aliphatic hydroxyl groups excluding tert-OH is 1. The number of benzene rings is 2. The second-order valence-corrected chi connectivity index (χ2v) is 10.3. The second kappa shape index (κ2) is 15.1. The predicted molar refractivity (Wildman–Crippen MR) is 158 cm³/mol. The van der Waals surface area contributed by atoms with Crippen LogP contribution in [0.15, 0.2) is 42.5 Å². The van der Waals surface area contributed by atoms with Gasteiger partial charge in [0, 0.05) is 62.0 Å². The van der Waals surface area contributed by atoms with Crippen molar-refractivity contribution < 1.29 is 28.8 Å². The summed E-state index contributed by atoms with van der Waals surface area (Å²) < 4.78 is 21.7. The van der Waals surface area contributed by atoms with Gasteiger partial charge in [0.25, 0.3) is 0 Å². The van der Waals surface area contributed by atoms with Crippen LogP contribution in [0.1, 0.15) is 29.8 Å². The summed E-state index contributed by atoms with van der Waals surface area (Å²) in [7, 11) is 3.31. The number of H-pyrrole nitrogens is 1. The van der Waals surface area contributed by atoms with Gasteiger partial charge < -0.3 is 29.0 Å². The maximum absolute atomic E-state index is 13.1. The predicted octanol–water partition coefficient (Wildman–Crippen LogP) is 4.26. The maximum Gasteiger partial charge on any atom is 0.411 e. The van der Waals surface area contributed by atoms with Crippen molar-refractivity contribution in [3.05, 3.63) is 64.3 Å². The average molecular weight is 584 g/mol. The molecule has 0 aliphatic carbocycles. The number of rotatable bonds is 13. The number of methoxy groups -OCH3 is 2. The lowest BCUT2D eigenvalue weighted by Gasteiger charge is -2.35. The van der Waals surface area contributed by atoms with Crippen LogP contribution in [0.25, 0.3) is 10.9 Å². The summed E-state index contributed by atoms with van der Waals surface area (Å²) in [5.41, 5.74) is 3.94. The van der Waals surface area contributed by atoms with Gasteiger partial charge in [0.15, 0.2) is 6.61 Å². The van der Waals surface area contributed by atoms with E-state index in [4.69, 9.17) is 30.5 Å². The molecule has 0 fully saturated rings. The fourth-order valence-electron chi connectivity index (χ4n) is 5.08. The highest BCUT2D eigenvalue weighted by molar-refractivity contribution is 6.31. The molecule has 2 atom stereocenters. The van der Waals surface area contributed by atoms with Crippen molar-refractivity contribution in [3.63, 3.8) is 0 Å². The number of nitrogens with one attached hydrogen (secondary N) is 1. The van der Waals surface area contributed by atoms with Gasteiger partial charge in [0.2, 0.25) is 0 Å². The van der Waals surface area contributed by atoms with Crippen molar-refractivity contribution in [2.24, 2.45) is 0 Å². The lowest BCUT2D eigenvalue weighted by atomic mass is 9.92. The first kappa shape index (κ1) is 30.7. The minimum atomic E-state index is -0.682. The number of hydrogen-bond donors (Lipinski definition) is 2. The van der Waals surface area contributed by atoms with E-state index in [1.54, 1.807) is 26.0 Å². The zero-order valence-electron chi connectivity index (χ0n) is 23.8. The molecule has 2 N–H and O–H groups in total. The normalized spacial score (nSPS) is 15.4. The molecule has 0 saturated heterocycles. The van der Waals surface area contributed by atoms with Gasteiger partial charge in [0.1, 0.15) is 24.5 Å². The van der Waals surface area contributed by atoms with E-state index in [1.807, 2.05) is 42.5 Å². The van der Waals surface area contributed by atoms with Crippen LogP contribution in [0.2, 0.25) is 5.02 Å².